The van der Waals surface area contributed by atoms with Crippen LogP contribution in [-0.4, -0.2) is 10.1 Å². The summed E-state index contributed by atoms with van der Waals surface area (Å²) in [6.45, 7) is 3.86. The number of aliphatic hydroxyl groups is 1. The topological polar surface area (TPSA) is 33.1 Å². The molecule has 0 fully saturated rings. The average Bonchev–Trinajstić information content (AvgIpc) is 2.29. The van der Waals surface area contributed by atoms with E-state index in [1.807, 2.05) is 44.2 Å². The van der Waals surface area contributed by atoms with E-state index in [-0.39, 0.29) is 6.61 Å². The van der Waals surface area contributed by atoms with Gasteiger partial charge in [0.2, 0.25) is 0 Å². The predicted molar refractivity (Wildman–Crippen MR) is 70.1 cm³/mol. The number of nitrogens with zero attached hydrogens (tertiary/aromatic N) is 1. The molecule has 0 amide bonds. The van der Waals surface area contributed by atoms with Gasteiger partial charge in [0.25, 0.3) is 0 Å². The molecule has 0 saturated heterocycles. The van der Waals surface area contributed by atoms with E-state index in [0.717, 1.165) is 28.1 Å². The zero-order valence-corrected chi connectivity index (χ0v) is 10.6. The van der Waals surface area contributed by atoms with Gasteiger partial charge < -0.3 is 5.11 Å². The zero-order chi connectivity index (χ0) is 12.4. The van der Waals surface area contributed by atoms with Crippen molar-refractivity contribution in [2.75, 3.05) is 0 Å². The molecule has 1 N–H and O–H groups in total. The molecule has 2 rings (SSSR count). The molecule has 88 valence electrons. The Labute approximate surface area is 106 Å². The van der Waals surface area contributed by atoms with Crippen molar-refractivity contribution in [2.24, 2.45) is 0 Å². The summed E-state index contributed by atoms with van der Waals surface area (Å²) in [6, 6.07) is 9.60. The van der Waals surface area contributed by atoms with Crippen LogP contribution in [0, 0.1) is 13.8 Å². The molecule has 1 aromatic heterocycles. The van der Waals surface area contributed by atoms with E-state index in [1.54, 1.807) is 0 Å². The van der Waals surface area contributed by atoms with Gasteiger partial charge in [-0.2, -0.15) is 0 Å². The van der Waals surface area contributed by atoms with Gasteiger partial charge in [0.15, 0.2) is 0 Å². The van der Waals surface area contributed by atoms with Crippen molar-refractivity contribution in [3.8, 4) is 11.1 Å². The fraction of sp³-hybridized carbons (Fsp3) is 0.214. The second-order valence-corrected chi connectivity index (χ2v) is 4.48. The van der Waals surface area contributed by atoms with E-state index in [4.69, 9.17) is 11.6 Å². The maximum Gasteiger partial charge on any atom is 0.0705 e. The highest BCUT2D eigenvalue weighted by atomic mass is 35.5. The quantitative estimate of drug-likeness (QED) is 0.881. The Kier molecular flexibility index (Phi) is 3.46. The molecule has 1 aromatic carbocycles. The molecular formula is C14H14ClNO. The summed E-state index contributed by atoms with van der Waals surface area (Å²) in [5.74, 6) is 0. The molecule has 1 heterocycles. The number of aliphatic hydroxyl groups excluding tert-OH is 1. The van der Waals surface area contributed by atoms with Gasteiger partial charge in [-0.15, -0.1) is 0 Å². The van der Waals surface area contributed by atoms with Crippen LogP contribution in [0.4, 0.5) is 0 Å². The first kappa shape index (κ1) is 12.1. The highest BCUT2D eigenvalue weighted by molar-refractivity contribution is 6.30. The summed E-state index contributed by atoms with van der Waals surface area (Å²) in [6.07, 6.45) is 0. The van der Waals surface area contributed by atoms with Gasteiger partial charge >= 0.3 is 0 Å². The number of hydrogen-bond acceptors (Lipinski definition) is 2. The normalized spacial score (nSPS) is 10.6. The Morgan fingerprint density at radius 2 is 1.82 bits per heavy atom. The lowest BCUT2D eigenvalue weighted by molar-refractivity contribution is 0.281. The van der Waals surface area contributed by atoms with Crippen LogP contribution in [0.5, 0.6) is 0 Å². The van der Waals surface area contributed by atoms with Crippen LogP contribution in [0.3, 0.4) is 0 Å². The first-order valence-electron chi connectivity index (χ1n) is 5.45. The predicted octanol–water partition coefficient (Wildman–Crippen LogP) is 3.51. The lowest BCUT2D eigenvalue weighted by Crippen LogP contribution is -1.98. The van der Waals surface area contributed by atoms with Gasteiger partial charge in [-0.3, -0.25) is 4.98 Å². The van der Waals surface area contributed by atoms with Gasteiger partial charge in [0.05, 0.1) is 6.61 Å². The minimum Gasteiger partial charge on any atom is -0.392 e. The second-order valence-electron chi connectivity index (χ2n) is 4.04. The molecule has 0 aliphatic rings. The van der Waals surface area contributed by atoms with Crippen molar-refractivity contribution < 1.29 is 5.11 Å². The molecular weight excluding hydrogens is 234 g/mol. The van der Waals surface area contributed by atoms with Crippen molar-refractivity contribution in [3.05, 3.63) is 52.3 Å². The van der Waals surface area contributed by atoms with Gasteiger partial charge in [0.1, 0.15) is 0 Å². The third kappa shape index (κ3) is 2.48. The summed E-state index contributed by atoms with van der Waals surface area (Å²) in [7, 11) is 0. The highest BCUT2D eigenvalue weighted by Crippen LogP contribution is 2.27. The fourth-order valence-corrected chi connectivity index (χ4v) is 2.07. The number of pyridine rings is 1. The maximum absolute atomic E-state index is 9.44. The van der Waals surface area contributed by atoms with E-state index >= 15 is 0 Å². The van der Waals surface area contributed by atoms with Gasteiger partial charge in [-0.1, -0.05) is 23.7 Å². The number of hydrogen-bond donors (Lipinski definition) is 1. The summed E-state index contributed by atoms with van der Waals surface area (Å²) >= 11 is 5.87. The molecule has 0 aliphatic heterocycles. The molecule has 0 atom stereocenters. The SMILES string of the molecule is Cc1cc(-c2ccc(Cl)cc2)c(CO)c(C)n1. The Balaban J connectivity index is 2.61. The Morgan fingerprint density at radius 1 is 1.18 bits per heavy atom. The van der Waals surface area contributed by atoms with E-state index in [9.17, 15) is 5.11 Å². The fourth-order valence-electron chi connectivity index (χ4n) is 1.94. The van der Waals surface area contributed by atoms with Crippen molar-refractivity contribution in [2.45, 2.75) is 20.5 Å². The van der Waals surface area contributed by atoms with Crippen LogP contribution in [0.2, 0.25) is 5.02 Å². The van der Waals surface area contributed by atoms with E-state index in [2.05, 4.69) is 4.98 Å². The Hall–Kier alpha value is -1.38. The Morgan fingerprint density at radius 3 is 2.41 bits per heavy atom. The van der Waals surface area contributed by atoms with E-state index in [1.165, 1.54) is 0 Å². The van der Waals surface area contributed by atoms with Gasteiger partial charge in [0, 0.05) is 22.0 Å². The summed E-state index contributed by atoms with van der Waals surface area (Å²) in [5, 5.41) is 10.1. The molecule has 2 aromatic rings. The number of benzene rings is 1. The molecule has 0 spiro atoms. The van der Waals surface area contributed by atoms with Crippen LogP contribution < -0.4 is 0 Å². The van der Waals surface area contributed by atoms with Crippen LogP contribution in [0.1, 0.15) is 17.0 Å². The number of halogens is 1. The van der Waals surface area contributed by atoms with Gasteiger partial charge in [-0.05, 0) is 43.2 Å². The molecule has 0 aliphatic carbocycles. The highest BCUT2D eigenvalue weighted by Gasteiger charge is 2.09. The smallest absolute Gasteiger partial charge is 0.0705 e. The number of aromatic nitrogens is 1. The number of rotatable bonds is 2. The lowest BCUT2D eigenvalue weighted by atomic mass is 9.99. The summed E-state index contributed by atoms with van der Waals surface area (Å²) < 4.78 is 0. The van der Waals surface area contributed by atoms with Crippen molar-refractivity contribution in [1.29, 1.82) is 0 Å². The summed E-state index contributed by atoms with van der Waals surface area (Å²) in [4.78, 5) is 4.36. The largest absolute Gasteiger partial charge is 0.392 e. The first-order chi connectivity index (χ1) is 8.11. The van der Waals surface area contributed by atoms with Crippen molar-refractivity contribution >= 4 is 11.6 Å². The molecule has 3 heteroatoms. The molecule has 0 bridgehead atoms. The van der Waals surface area contributed by atoms with E-state index < -0.39 is 0 Å². The minimum atomic E-state index is -0.00290. The van der Waals surface area contributed by atoms with Crippen LogP contribution >= 0.6 is 11.6 Å². The van der Waals surface area contributed by atoms with Crippen LogP contribution in [0.15, 0.2) is 30.3 Å². The zero-order valence-electron chi connectivity index (χ0n) is 9.87. The van der Waals surface area contributed by atoms with Crippen molar-refractivity contribution in [1.82, 2.24) is 4.98 Å². The molecule has 0 unspecified atom stereocenters. The average molecular weight is 248 g/mol. The summed E-state index contributed by atoms with van der Waals surface area (Å²) in [5.41, 5.74) is 4.77. The van der Waals surface area contributed by atoms with Crippen LogP contribution in [-0.2, 0) is 6.61 Å². The molecule has 0 saturated carbocycles. The second kappa shape index (κ2) is 4.86. The monoisotopic (exact) mass is 247 g/mol. The first-order valence-corrected chi connectivity index (χ1v) is 5.83. The third-order valence-corrected chi connectivity index (χ3v) is 3.02. The minimum absolute atomic E-state index is 0.00290. The Bertz CT molecular complexity index is 535. The van der Waals surface area contributed by atoms with Gasteiger partial charge in [-0.25, -0.2) is 0 Å². The maximum atomic E-state index is 9.44. The third-order valence-electron chi connectivity index (χ3n) is 2.77. The number of aryl methyl sites for hydroxylation is 2. The lowest BCUT2D eigenvalue weighted by Gasteiger charge is -2.11. The van der Waals surface area contributed by atoms with Crippen molar-refractivity contribution in [3.63, 3.8) is 0 Å². The molecule has 17 heavy (non-hydrogen) atoms. The molecule has 2 nitrogen and oxygen atoms in total. The molecule has 0 radical (unpaired) electrons. The van der Waals surface area contributed by atoms with E-state index in [0.29, 0.717) is 5.02 Å². The standard InChI is InChI=1S/C14H14ClNO/c1-9-7-13(14(8-17)10(2)16-9)11-3-5-12(15)6-4-11/h3-7,17H,8H2,1-2H3. The van der Waals surface area contributed by atoms with Crippen LogP contribution in [0.25, 0.3) is 11.1 Å².